The predicted molar refractivity (Wildman–Crippen MR) is 127 cm³/mol. The van der Waals surface area contributed by atoms with Crippen LogP contribution in [0.3, 0.4) is 0 Å². The maximum Gasteiger partial charge on any atom is 0.260 e. The fraction of sp³-hybridized carbons (Fsp3) is 0.364. The Kier molecular flexibility index (Phi) is 7.24. The maximum atomic E-state index is 12.5. The lowest BCUT2D eigenvalue weighted by atomic mass is 10.0. The van der Waals surface area contributed by atoms with Crippen LogP contribution >= 0.6 is 22.7 Å². The maximum absolute atomic E-state index is 12.5. The third kappa shape index (κ3) is 5.74. The molecule has 32 heavy (non-hydrogen) atoms. The first-order valence-electron chi connectivity index (χ1n) is 10.3. The van der Waals surface area contributed by atoms with Crippen molar-refractivity contribution in [2.45, 2.75) is 25.4 Å². The molecule has 4 rings (SSSR count). The Hall–Kier alpha value is -2.27. The Labute approximate surface area is 196 Å². The third-order valence-electron chi connectivity index (χ3n) is 5.36. The van der Waals surface area contributed by atoms with Crippen molar-refractivity contribution in [3.63, 3.8) is 0 Å². The van der Waals surface area contributed by atoms with Gasteiger partial charge in [-0.05, 0) is 36.4 Å². The third-order valence-corrected chi connectivity index (χ3v) is 8.57. The molecule has 0 bridgehead atoms. The van der Waals surface area contributed by atoms with Crippen LogP contribution in [0.25, 0.3) is 9.88 Å². The second-order valence-electron chi connectivity index (χ2n) is 7.64. The van der Waals surface area contributed by atoms with Gasteiger partial charge in [-0.25, -0.2) is 13.4 Å². The Morgan fingerprint density at radius 3 is 2.56 bits per heavy atom. The minimum Gasteiger partial charge on any atom is -0.484 e. The van der Waals surface area contributed by atoms with Gasteiger partial charge in [0.25, 0.3) is 5.91 Å². The van der Waals surface area contributed by atoms with Crippen LogP contribution in [0, 0.1) is 0 Å². The highest BCUT2D eigenvalue weighted by atomic mass is 32.2. The van der Waals surface area contributed by atoms with Crippen LogP contribution in [0.2, 0.25) is 0 Å². The molecule has 2 aromatic heterocycles. The highest BCUT2D eigenvalue weighted by molar-refractivity contribution is 7.88. The Bertz CT molecular complexity index is 1120. The highest BCUT2D eigenvalue weighted by Gasteiger charge is 2.32. The second-order valence-corrected chi connectivity index (χ2v) is 11.4. The van der Waals surface area contributed by atoms with E-state index in [4.69, 9.17) is 4.74 Å². The van der Waals surface area contributed by atoms with Crippen molar-refractivity contribution in [1.82, 2.24) is 14.2 Å². The monoisotopic (exact) mass is 491 g/mol. The normalized spacial score (nSPS) is 15.2. The number of hydrogen-bond donors (Lipinski definition) is 0. The summed E-state index contributed by atoms with van der Waals surface area (Å²) in [6, 6.07) is 13.1. The summed E-state index contributed by atoms with van der Waals surface area (Å²) < 4.78 is 32.2. The number of benzene rings is 1. The lowest BCUT2D eigenvalue weighted by Crippen LogP contribution is -2.49. The van der Waals surface area contributed by atoms with Crippen molar-refractivity contribution in [2.75, 3.05) is 26.0 Å². The standard InChI is InChI=1S/C22H25N3O4S3/c1-32(27,28)25(14-17-16-31-22(23-17)20-8-5-13-30-20)18-9-11-24(12-10-18)21(26)15-29-19-6-3-2-4-7-19/h2-8,13,16,18H,9-12,14-15H2,1H3. The average molecular weight is 492 g/mol. The number of amides is 1. The number of sulfonamides is 1. The Morgan fingerprint density at radius 1 is 1.16 bits per heavy atom. The zero-order chi connectivity index (χ0) is 22.6. The minimum absolute atomic E-state index is 0.0191. The van der Waals surface area contributed by atoms with Crippen LogP contribution in [0.5, 0.6) is 5.75 Å². The molecular formula is C22H25N3O4S3. The fourth-order valence-corrected chi connectivity index (χ4v) is 6.47. The Morgan fingerprint density at radius 2 is 1.91 bits per heavy atom. The molecule has 1 amide bonds. The number of ether oxygens (including phenoxy) is 1. The fourth-order valence-electron chi connectivity index (χ4n) is 3.73. The molecule has 0 aliphatic carbocycles. The van der Waals surface area contributed by atoms with Crippen molar-refractivity contribution < 1.29 is 17.9 Å². The molecule has 0 saturated carbocycles. The average Bonchev–Trinajstić information content (AvgIpc) is 3.48. The van der Waals surface area contributed by atoms with E-state index in [0.717, 1.165) is 15.6 Å². The van der Waals surface area contributed by atoms with Gasteiger partial charge in [-0.1, -0.05) is 24.3 Å². The van der Waals surface area contributed by atoms with Crippen LogP contribution in [0.1, 0.15) is 18.5 Å². The first-order chi connectivity index (χ1) is 15.4. The molecule has 1 aliphatic rings. The van der Waals surface area contributed by atoms with E-state index in [1.54, 1.807) is 16.2 Å². The van der Waals surface area contributed by atoms with Gasteiger partial charge in [-0.15, -0.1) is 22.7 Å². The molecule has 0 unspecified atom stereocenters. The zero-order valence-corrected chi connectivity index (χ0v) is 20.2. The van der Waals surface area contributed by atoms with Crippen LogP contribution < -0.4 is 4.74 Å². The number of aromatic nitrogens is 1. The van der Waals surface area contributed by atoms with Crippen molar-refractivity contribution in [2.24, 2.45) is 0 Å². The van der Waals surface area contributed by atoms with Gasteiger partial charge in [-0.2, -0.15) is 4.31 Å². The first-order valence-corrected chi connectivity index (χ1v) is 13.9. The summed E-state index contributed by atoms with van der Waals surface area (Å²) in [7, 11) is -3.42. The van der Waals surface area contributed by atoms with Crippen LogP contribution in [-0.4, -0.2) is 60.5 Å². The Balaban J connectivity index is 1.35. The second kappa shape index (κ2) is 10.1. The molecule has 170 valence electrons. The predicted octanol–water partition coefficient (Wildman–Crippen LogP) is 3.70. The molecule has 1 fully saturated rings. The van der Waals surface area contributed by atoms with Crippen LogP contribution in [0.15, 0.2) is 53.2 Å². The molecule has 0 radical (unpaired) electrons. The molecule has 3 aromatic rings. The van der Waals surface area contributed by atoms with Crippen molar-refractivity contribution in [1.29, 1.82) is 0 Å². The number of carbonyl (C=O) groups is 1. The van der Waals surface area contributed by atoms with Gasteiger partial charge >= 0.3 is 0 Å². The smallest absolute Gasteiger partial charge is 0.260 e. The van der Waals surface area contributed by atoms with Gasteiger partial charge < -0.3 is 9.64 Å². The lowest BCUT2D eigenvalue weighted by molar-refractivity contribution is -0.134. The quantitative estimate of drug-likeness (QED) is 0.480. The van der Waals surface area contributed by atoms with Gasteiger partial charge in [0.05, 0.1) is 23.4 Å². The number of rotatable bonds is 8. The summed E-state index contributed by atoms with van der Waals surface area (Å²) in [5, 5.41) is 4.83. The van der Waals surface area contributed by atoms with Crippen molar-refractivity contribution in [3.8, 4) is 15.6 Å². The summed E-state index contributed by atoms with van der Waals surface area (Å²) in [6.45, 7) is 1.24. The number of para-hydroxylation sites is 1. The zero-order valence-electron chi connectivity index (χ0n) is 17.7. The van der Waals surface area contributed by atoms with Crippen molar-refractivity contribution in [3.05, 3.63) is 58.9 Å². The molecule has 1 aliphatic heterocycles. The van der Waals surface area contributed by atoms with E-state index in [9.17, 15) is 13.2 Å². The van der Waals surface area contributed by atoms with Gasteiger partial charge in [0, 0.05) is 24.5 Å². The van der Waals surface area contributed by atoms with E-state index in [1.807, 2.05) is 53.2 Å². The summed E-state index contributed by atoms with van der Waals surface area (Å²) in [4.78, 5) is 20.0. The number of hydrogen-bond acceptors (Lipinski definition) is 7. The number of thiazole rings is 1. The van der Waals surface area contributed by atoms with E-state index in [-0.39, 0.29) is 25.1 Å². The lowest BCUT2D eigenvalue weighted by Gasteiger charge is -2.37. The number of likely N-dealkylation sites (tertiary alicyclic amines) is 1. The summed E-state index contributed by atoms with van der Waals surface area (Å²) in [5.74, 6) is 0.572. The molecule has 7 nitrogen and oxygen atoms in total. The van der Waals surface area contributed by atoms with E-state index >= 15 is 0 Å². The minimum atomic E-state index is -3.42. The molecule has 3 heterocycles. The van der Waals surface area contributed by atoms with E-state index in [2.05, 4.69) is 4.98 Å². The van der Waals surface area contributed by atoms with Crippen LogP contribution in [-0.2, 0) is 21.4 Å². The van der Waals surface area contributed by atoms with E-state index in [0.29, 0.717) is 31.7 Å². The molecular weight excluding hydrogens is 466 g/mol. The summed E-state index contributed by atoms with van der Waals surface area (Å²) >= 11 is 3.14. The van der Waals surface area contributed by atoms with Gasteiger partial charge in [0.1, 0.15) is 10.8 Å². The molecule has 0 atom stereocenters. The SMILES string of the molecule is CS(=O)(=O)N(Cc1csc(-c2cccs2)n1)C1CCN(C(=O)COc2ccccc2)CC1. The number of thiophene rings is 1. The largest absolute Gasteiger partial charge is 0.484 e. The summed E-state index contributed by atoms with van der Waals surface area (Å²) in [5.41, 5.74) is 0.749. The van der Waals surface area contributed by atoms with Gasteiger partial charge in [0.15, 0.2) is 6.61 Å². The molecule has 10 heteroatoms. The molecule has 1 aromatic carbocycles. The topological polar surface area (TPSA) is 79.8 Å². The van der Waals surface area contributed by atoms with E-state index < -0.39 is 10.0 Å². The number of nitrogens with zero attached hydrogens (tertiary/aromatic N) is 3. The molecule has 0 spiro atoms. The van der Waals surface area contributed by atoms with Gasteiger partial charge in [0.2, 0.25) is 10.0 Å². The van der Waals surface area contributed by atoms with Crippen molar-refractivity contribution >= 4 is 38.6 Å². The van der Waals surface area contributed by atoms with E-state index in [1.165, 1.54) is 21.9 Å². The molecule has 1 saturated heterocycles. The van der Waals surface area contributed by atoms with Crippen LogP contribution in [0.4, 0.5) is 0 Å². The number of carbonyl (C=O) groups excluding carboxylic acids is 1. The van der Waals surface area contributed by atoms with Gasteiger partial charge in [-0.3, -0.25) is 4.79 Å². The highest BCUT2D eigenvalue weighted by Crippen LogP contribution is 2.29. The summed E-state index contributed by atoms with van der Waals surface area (Å²) in [6.07, 6.45) is 2.42. The molecule has 0 N–H and O–H groups in total. The number of piperidine rings is 1. The first kappa shape index (κ1) is 22.9.